The van der Waals surface area contributed by atoms with Gasteiger partial charge in [-0.2, -0.15) is 0 Å². The maximum absolute atomic E-state index is 7.04. The molecule has 12 aromatic carbocycles. The second-order valence-electron chi connectivity index (χ2n) is 21.8. The molecule has 0 bridgehead atoms. The maximum Gasteiger partial charge on any atom is 0.164 e. The Morgan fingerprint density at radius 1 is 0.256 bits per heavy atom. The van der Waals surface area contributed by atoms with Crippen LogP contribution in [0.15, 0.2) is 264 Å². The predicted molar refractivity (Wildman–Crippen MR) is 346 cm³/mol. The third kappa shape index (κ3) is 7.53. The van der Waals surface area contributed by atoms with Crippen LogP contribution < -0.4 is 0 Å². The Bertz CT molecular complexity index is 5860. The summed E-state index contributed by atoms with van der Waals surface area (Å²) in [6, 6.07) is 81.9. The van der Waals surface area contributed by atoms with Gasteiger partial charge >= 0.3 is 0 Å². The molecule has 0 atom stereocenters. The van der Waals surface area contributed by atoms with Crippen molar-refractivity contribution in [1.82, 2.24) is 39.9 Å². The smallest absolute Gasteiger partial charge is 0.164 e. The highest BCUT2D eigenvalue weighted by Gasteiger charge is 2.24. The highest BCUT2D eigenvalue weighted by molar-refractivity contribution is 6.26. The van der Waals surface area contributed by atoms with Crippen molar-refractivity contribution in [3.8, 4) is 79.6 Å². The van der Waals surface area contributed by atoms with E-state index in [0.29, 0.717) is 51.7 Å². The van der Waals surface area contributed by atoms with Crippen molar-refractivity contribution >= 4 is 109 Å². The number of hydrogen-bond donors (Lipinski definition) is 0. The van der Waals surface area contributed by atoms with E-state index in [9.17, 15) is 0 Å². The quantitative estimate of drug-likeness (QED) is 0.142. The first kappa shape index (κ1) is 47.7. The van der Waals surface area contributed by atoms with Crippen molar-refractivity contribution in [3.63, 3.8) is 0 Å². The Kier molecular flexibility index (Phi) is 10.5. The van der Waals surface area contributed by atoms with Gasteiger partial charge in [-0.3, -0.25) is 9.97 Å². The molecule has 18 aromatic rings. The number of rotatable bonds is 7. The molecule has 0 radical (unpaired) electrons. The van der Waals surface area contributed by atoms with Crippen LogP contribution in [0.25, 0.3) is 188 Å². The van der Waals surface area contributed by atoms with Crippen LogP contribution in [0, 0.1) is 0 Å². The van der Waals surface area contributed by atoms with Gasteiger partial charge < -0.3 is 8.83 Å². The Morgan fingerprint density at radius 3 is 1.48 bits per heavy atom. The van der Waals surface area contributed by atoms with Crippen molar-refractivity contribution in [2.75, 3.05) is 0 Å². The first-order valence-electron chi connectivity index (χ1n) is 28.5. The summed E-state index contributed by atoms with van der Waals surface area (Å²) in [5, 5.41) is 17.2. The van der Waals surface area contributed by atoms with E-state index in [1.807, 2.05) is 109 Å². The summed E-state index contributed by atoms with van der Waals surface area (Å²) in [5.74, 6) is 3.34. The molecule has 0 unspecified atom stereocenters. The van der Waals surface area contributed by atoms with Crippen molar-refractivity contribution < 1.29 is 8.83 Å². The summed E-state index contributed by atoms with van der Waals surface area (Å²) in [6.45, 7) is 0. The summed E-state index contributed by atoms with van der Waals surface area (Å²) >= 11 is 0. The van der Waals surface area contributed by atoms with E-state index in [-0.39, 0.29) is 0 Å². The minimum atomic E-state index is 0.537. The third-order valence-corrected chi connectivity index (χ3v) is 16.9. The Hall–Kier alpha value is -11.9. The normalized spacial score (nSPS) is 12.0. The second kappa shape index (κ2) is 18.8. The molecule has 0 fully saturated rings. The summed E-state index contributed by atoms with van der Waals surface area (Å²) in [4.78, 5) is 40.9. The molecule has 0 aliphatic rings. The summed E-state index contributed by atoms with van der Waals surface area (Å²) in [5.41, 5.74) is 9.62. The topological polar surface area (TPSA) is 129 Å². The molecule has 0 aliphatic carbocycles. The molecule has 0 N–H and O–H groups in total. The van der Waals surface area contributed by atoms with E-state index in [1.165, 1.54) is 26.9 Å². The lowest BCUT2D eigenvalue weighted by Gasteiger charge is -2.15. The average molecular weight is 1100 g/mol. The molecule has 10 nitrogen and oxygen atoms in total. The first-order chi connectivity index (χ1) is 42.6. The number of aromatic nitrogens is 8. The molecule has 6 heterocycles. The van der Waals surface area contributed by atoms with Gasteiger partial charge in [-0.15, -0.1) is 0 Å². The lowest BCUT2D eigenvalue weighted by Crippen LogP contribution is -2.00. The minimum Gasteiger partial charge on any atom is -0.454 e. The first-order valence-corrected chi connectivity index (χ1v) is 28.5. The van der Waals surface area contributed by atoms with E-state index in [1.54, 1.807) is 12.4 Å². The van der Waals surface area contributed by atoms with Crippen LogP contribution in [0.5, 0.6) is 0 Å². The van der Waals surface area contributed by atoms with Crippen molar-refractivity contribution in [1.29, 1.82) is 0 Å². The van der Waals surface area contributed by atoms with Gasteiger partial charge in [0.25, 0.3) is 0 Å². The third-order valence-electron chi connectivity index (χ3n) is 16.9. The van der Waals surface area contributed by atoms with E-state index < -0.39 is 0 Å². The lowest BCUT2D eigenvalue weighted by molar-refractivity contribution is 0.667. The standard InChI is InChI=1S/C76H42N8O2/c1-3-15-45(16-4-1)71-79-73(49-30-31-52-47(39-49)29-33-54-51-19-9-7-13-43(51)27-32-55(52)54)83-76(82-71)60-22-12-24-64-68(60)58-36-38-78-69(70(58)86-64)62-40-48-25-26-50(41-61(48)66-53-20-10-8-14-44(53)28-34-56(62)66)74-80-72(46-17-5-2-6-18-46)81-75(84-74)59-21-11-23-63-67(59)57-35-37-77-42-65(57)85-63/h1-42H. The van der Waals surface area contributed by atoms with Gasteiger partial charge in [0.05, 0.1) is 6.20 Å². The number of hydrogen-bond acceptors (Lipinski definition) is 10. The summed E-state index contributed by atoms with van der Waals surface area (Å²) < 4.78 is 13.3. The van der Waals surface area contributed by atoms with Crippen molar-refractivity contribution in [3.05, 3.63) is 255 Å². The van der Waals surface area contributed by atoms with Crippen LogP contribution in [0.2, 0.25) is 0 Å². The number of benzene rings is 12. The SMILES string of the molecule is c1ccc(-c2nc(-c3ccc4cc(-c5nccc6c5oc5cccc(-c7nc(-c8ccccc8)nc(-c8ccc9c(ccc%10c%11ccccc%11ccc9%10)c8)n7)c56)c5ccc6ccccc6c5c4c3)nc(-c3cccc4oc5cnccc5c34)n2)cc1. The van der Waals surface area contributed by atoms with Crippen LogP contribution in [0.4, 0.5) is 0 Å². The average Bonchev–Trinajstić information content (AvgIpc) is 1.66. The summed E-state index contributed by atoms with van der Waals surface area (Å²) in [7, 11) is 0. The molecule has 86 heavy (non-hydrogen) atoms. The highest BCUT2D eigenvalue weighted by Crippen LogP contribution is 2.45. The fourth-order valence-corrected chi connectivity index (χ4v) is 12.9. The molecule has 0 amide bonds. The molecule has 0 saturated carbocycles. The zero-order valence-corrected chi connectivity index (χ0v) is 45.6. The maximum atomic E-state index is 7.04. The predicted octanol–water partition coefficient (Wildman–Crippen LogP) is 19.2. The Morgan fingerprint density at radius 2 is 0.767 bits per heavy atom. The number of pyridine rings is 2. The van der Waals surface area contributed by atoms with Crippen LogP contribution in [0.1, 0.15) is 0 Å². The second-order valence-corrected chi connectivity index (χ2v) is 21.8. The van der Waals surface area contributed by atoms with Gasteiger partial charge in [0.15, 0.2) is 46.1 Å². The summed E-state index contributed by atoms with van der Waals surface area (Å²) in [6.07, 6.45) is 5.41. The largest absolute Gasteiger partial charge is 0.454 e. The Labute approximate surface area is 489 Å². The molecule has 18 rings (SSSR count). The number of nitrogens with zero attached hydrogens (tertiary/aromatic N) is 8. The van der Waals surface area contributed by atoms with E-state index >= 15 is 0 Å². The van der Waals surface area contributed by atoms with Gasteiger partial charge in [-0.25, -0.2) is 29.9 Å². The number of furan rings is 2. The molecule has 10 heteroatoms. The van der Waals surface area contributed by atoms with E-state index in [4.69, 9.17) is 43.7 Å². The molecule has 0 saturated heterocycles. The van der Waals surface area contributed by atoms with E-state index in [2.05, 4.69) is 138 Å². The fourth-order valence-electron chi connectivity index (χ4n) is 12.9. The monoisotopic (exact) mass is 1100 g/mol. The highest BCUT2D eigenvalue weighted by atomic mass is 16.3. The van der Waals surface area contributed by atoms with E-state index in [0.717, 1.165) is 109 Å². The molecule has 0 aliphatic heterocycles. The van der Waals surface area contributed by atoms with Crippen LogP contribution in [-0.2, 0) is 0 Å². The molecular weight excluding hydrogens is 1060 g/mol. The van der Waals surface area contributed by atoms with Gasteiger partial charge in [0.2, 0.25) is 0 Å². The van der Waals surface area contributed by atoms with Crippen molar-refractivity contribution in [2.24, 2.45) is 0 Å². The van der Waals surface area contributed by atoms with Crippen molar-refractivity contribution in [2.45, 2.75) is 0 Å². The molecule has 398 valence electrons. The van der Waals surface area contributed by atoms with Crippen LogP contribution in [-0.4, -0.2) is 39.9 Å². The molecular formula is C76H42N8O2. The van der Waals surface area contributed by atoms with Gasteiger partial charge in [0.1, 0.15) is 16.9 Å². The van der Waals surface area contributed by atoms with Crippen LogP contribution in [0.3, 0.4) is 0 Å². The fraction of sp³-hybridized carbons (Fsp3) is 0. The zero-order valence-electron chi connectivity index (χ0n) is 45.6. The molecule has 0 spiro atoms. The van der Waals surface area contributed by atoms with Crippen LogP contribution >= 0.6 is 0 Å². The van der Waals surface area contributed by atoms with Gasteiger partial charge in [0, 0.05) is 72.9 Å². The lowest BCUT2D eigenvalue weighted by atomic mass is 9.90. The Balaban J connectivity index is 0.803. The van der Waals surface area contributed by atoms with Gasteiger partial charge in [-0.05, 0) is 107 Å². The minimum absolute atomic E-state index is 0.537. The van der Waals surface area contributed by atoms with Gasteiger partial charge in [-0.1, -0.05) is 194 Å². The molecule has 6 aromatic heterocycles. The number of fused-ring (bicyclic) bond motifs is 16. The zero-order chi connectivity index (χ0) is 56.4.